The normalized spacial score (nSPS) is 12.0. The van der Waals surface area contributed by atoms with E-state index >= 15 is 0 Å². The van der Waals surface area contributed by atoms with Crippen molar-refractivity contribution >= 4 is 22.7 Å². The van der Waals surface area contributed by atoms with Gasteiger partial charge in [-0.05, 0) is 42.0 Å². The van der Waals surface area contributed by atoms with Crippen molar-refractivity contribution in [3.63, 3.8) is 0 Å². The molecule has 0 atom stereocenters. The number of esters is 1. The van der Waals surface area contributed by atoms with Gasteiger partial charge >= 0.3 is 5.97 Å². The van der Waals surface area contributed by atoms with Crippen LogP contribution in [0.3, 0.4) is 0 Å². The zero-order valence-corrected chi connectivity index (χ0v) is 17.4. The molecule has 33 heavy (non-hydrogen) atoms. The second-order valence-corrected chi connectivity index (χ2v) is 7.43. The summed E-state index contributed by atoms with van der Waals surface area (Å²) in [6.07, 6.45) is 0.224. The molecule has 0 radical (unpaired) electrons. The molecule has 1 aliphatic heterocycles. The van der Waals surface area contributed by atoms with Gasteiger partial charge in [0.25, 0.3) is 5.56 Å². The standard InChI is InChI=1S/C25H18N2O6/c28-20(16-9-10-21-22(11-16)33-14-32-21)13-31-25(30)17-6-2-1-5-15(17)12-23-26-19-8-4-3-7-18(19)24(29)27-23/h1-11H,12-14H2,(H,26,27,29). The fourth-order valence-electron chi connectivity index (χ4n) is 3.63. The van der Waals surface area contributed by atoms with Crippen molar-refractivity contribution in [2.45, 2.75) is 6.42 Å². The molecule has 0 amide bonds. The van der Waals surface area contributed by atoms with Crippen LogP contribution in [0.2, 0.25) is 0 Å². The summed E-state index contributed by atoms with van der Waals surface area (Å²) in [5, 5.41) is 0.496. The molecule has 0 bridgehead atoms. The highest BCUT2D eigenvalue weighted by Crippen LogP contribution is 2.32. The topological polar surface area (TPSA) is 108 Å². The van der Waals surface area contributed by atoms with Crippen LogP contribution in [0.5, 0.6) is 11.5 Å². The van der Waals surface area contributed by atoms with E-state index in [1.54, 1.807) is 66.7 Å². The van der Waals surface area contributed by atoms with E-state index in [9.17, 15) is 14.4 Å². The number of carbonyl (C=O) groups excluding carboxylic acids is 2. The number of nitrogens with one attached hydrogen (secondary N) is 1. The van der Waals surface area contributed by atoms with Gasteiger partial charge in [-0.15, -0.1) is 0 Å². The lowest BCUT2D eigenvalue weighted by Crippen LogP contribution is -2.17. The van der Waals surface area contributed by atoms with Crippen LogP contribution in [0.25, 0.3) is 10.9 Å². The summed E-state index contributed by atoms with van der Waals surface area (Å²) in [5.41, 5.74) is 1.61. The van der Waals surface area contributed by atoms with Crippen LogP contribution in [0, 0.1) is 0 Å². The van der Waals surface area contributed by atoms with E-state index in [4.69, 9.17) is 14.2 Å². The number of benzene rings is 3. The van der Waals surface area contributed by atoms with Crippen LogP contribution >= 0.6 is 0 Å². The highest BCUT2D eigenvalue weighted by Gasteiger charge is 2.19. The lowest BCUT2D eigenvalue weighted by atomic mass is 10.0. The molecule has 3 aromatic carbocycles. The summed E-state index contributed by atoms with van der Waals surface area (Å²) in [7, 11) is 0. The average Bonchev–Trinajstić information content (AvgIpc) is 3.31. The third-order valence-electron chi connectivity index (χ3n) is 5.29. The minimum atomic E-state index is -0.636. The molecule has 0 fully saturated rings. The first kappa shape index (κ1) is 20.4. The van der Waals surface area contributed by atoms with Crippen molar-refractivity contribution in [1.29, 1.82) is 0 Å². The summed E-state index contributed by atoms with van der Waals surface area (Å²) < 4.78 is 15.8. The lowest BCUT2D eigenvalue weighted by Gasteiger charge is -2.10. The Bertz CT molecular complexity index is 1440. The van der Waals surface area contributed by atoms with E-state index in [-0.39, 0.29) is 24.6 Å². The molecule has 0 unspecified atom stereocenters. The maximum absolute atomic E-state index is 12.7. The Morgan fingerprint density at radius 3 is 2.67 bits per heavy atom. The molecule has 1 aromatic heterocycles. The fraction of sp³-hybridized carbons (Fsp3) is 0.120. The molecule has 1 N–H and O–H groups in total. The molecule has 1 aliphatic rings. The van der Waals surface area contributed by atoms with Crippen LogP contribution in [0.15, 0.2) is 71.5 Å². The summed E-state index contributed by atoms with van der Waals surface area (Å²) >= 11 is 0. The number of fused-ring (bicyclic) bond motifs is 2. The molecule has 8 nitrogen and oxygen atoms in total. The summed E-state index contributed by atoms with van der Waals surface area (Å²) in [4.78, 5) is 44.8. The number of aromatic nitrogens is 2. The van der Waals surface area contributed by atoms with Crippen molar-refractivity contribution in [1.82, 2.24) is 9.97 Å². The average molecular weight is 442 g/mol. The van der Waals surface area contributed by atoms with E-state index < -0.39 is 12.6 Å². The molecular weight excluding hydrogens is 424 g/mol. The van der Waals surface area contributed by atoms with E-state index in [0.29, 0.717) is 44.9 Å². The van der Waals surface area contributed by atoms with Crippen molar-refractivity contribution < 1.29 is 23.8 Å². The van der Waals surface area contributed by atoms with E-state index in [1.807, 2.05) is 0 Å². The van der Waals surface area contributed by atoms with Crippen molar-refractivity contribution in [2.75, 3.05) is 13.4 Å². The number of ketones is 1. The minimum absolute atomic E-state index is 0.107. The Labute approximate surface area is 187 Å². The molecule has 5 rings (SSSR count). The molecule has 2 heterocycles. The number of para-hydroxylation sites is 1. The zero-order chi connectivity index (χ0) is 22.8. The molecule has 0 saturated heterocycles. The number of hydrogen-bond acceptors (Lipinski definition) is 7. The van der Waals surface area contributed by atoms with Crippen LogP contribution in [-0.2, 0) is 11.2 Å². The fourth-order valence-corrected chi connectivity index (χ4v) is 3.63. The van der Waals surface area contributed by atoms with Gasteiger partial charge in [0, 0.05) is 12.0 Å². The van der Waals surface area contributed by atoms with Gasteiger partial charge in [0.05, 0.1) is 16.5 Å². The number of nitrogens with zero attached hydrogens (tertiary/aromatic N) is 1. The Hall–Kier alpha value is -4.46. The maximum atomic E-state index is 12.7. The highest BCUT2D eigenvalue weighted by atomic mass is 16.7. The minimum Gasteiger partial charge on any atom is -0.454 e. The first-order valence-electron chi connectivity index (χ1n) is 10.2. The molecule has 0 saturated carbocycles. The first-order valence-corrected chi connectivity index (χ1v) is 10.2. The summed E-state index contributed by atoms with van der Waals surface area (Å²) in [6, 6.07) is 18.7. The Morgan fingerprint density at radius 1 is 0.970 bits per heavy atom. The monoisotopic (exact) mass is 442 g/mol. The van der Waals surface area contributed by atoms with Gasteiger partial charge in [0.2, 0.25) is 6.79 Å². The second kappa shape index (κ2) is 8.58. The van der Waals surface area contributed by atoms with E-state index in [0.717, 1.165) is 0 Å². The number of ether oxygens (including phenoxy) is 3. The van der Waals surface area contributed by atoms with Gasteiger partial charge in [-0.2, -0.15) is 0 Å². The predicted octanol–water partition coefficient (Wildman–Crippen LogP) is 3.28. The van der Waals surface area contributed by atoms with Gasteiger partial charge in [-0.1, -0.05) is 30.3 Å². The molecule has 0 spiro atoms. The molecule has 8 heteroatoms. The Balaban J connectivity index is 1.32. The summed E-state index contributed by atoms with van der Waals surface area (Å²) in [6.45, 7) is -0.312. The largest absolute Gasteiger partial charge is 0.454 e. The second-order valence-electron chi connectivity index (χ2n) is 7.43. The smallest absolute Gasteiger partial charge is 0.338 e. The van der Waals surface area contributed by atoms with Crippen LogP contribution in [0.4, 0.5) is 0 Å². The number of aromatic amines is 1. The van der Waals surface area contributed by atoms with Gasteiger partial charge in [-0.3, -0.25) is 9.59 Å². The third kappa shape index (κ3) is 4.18. The maximum Gasteiger partial charge on any atom is 0.338 e. The van der Waals surface area contributed by atoms with Crippen LogP contribution in [-0.4, -0.2) is 35.1 Å². The number of Topliss-reactive ketones (excluding diaryl/α,β-unsaturated/α-hetero) is 1. The lowest BCUT2D eigenvalue weighted by molar-refractivity contribution is 0.0473. The van der Waals surface area contributed by atoms with Crippen molar-refractivity contribution in [3.05, 3.63) is 99.6 Å². The molecule has 0 aliphatic carbocycles. The van der Waals surface area contributed by atoms with Gasteiger partial charge < -0.3 is 19.2 Å². The number of hydrogen-bond donors (Lipinski definition) is 1. The zero-order valence-electron chi connectivity index (χ0n) is 17.4. The van der Waals surface area contributed by atoms with Gasteiger partial charge in [-0.25, -0.2) is 9.78 Å². The van der Waals surface area contributed by atoms with Crippen LogP contribution < -0.4 is 15.0 Å². The van der Waals surface area contributed by atoms with E-state index in [2.05, 4.69) is 9.97 Å². The van der Waals surface area contributed by atoms with Gasteiger partial charge in [0.15, 0.2) is 23.9 Å². The van der Waals surface area contributed by atoms with Crippen LogP contribution in [0.1, 0.15) is 32.1 Å². The predicted molar refractivity (Wildman–Crippen MR) is 119 cm³/mol. The first-order chi connectivity index (χ1) is 16.1. The number of rotatable bonds is 6. The Morgan fingerprint density at radius 2 is 1.76 bits per heavy atom. The van der Waals surface area contributed by atoms with Gasteiger partial charge in [0.1, 0.15) is 5.82 Å². The van der Waals surface area contributed by atoms with Crippen molar-refractivity contribution in [2.24, 2.45) is 0 Å². The summed E-state index contributed by atoms with van der Waals surface area (Å²) in [5.74, 6) is 0.477. The molecule has 164 valence electrons. The molecular formula is C25H18N2O6. The quantitative estimate of drug-likeness (QED) is 0.361. The SMILES string of the molecule is O=C(COC(=O)c1ccccc1Cc1nc2ccccc2c(=O)[nH]1)c1ccc2c(c1)OCO2. The van der Waals surface area contributed by atoms with E-state index in [1.165, 1.54) is 0 Å². The molecule has 4 aromatic rings. The Kier molecular flexibility index (Phi) is 5.32. The highest BCUT2D eigenvalue weighted by molar-refractivity contribution is 6.00. The number of carbonyl (C=O) groups is 2. The number of H-pyrrole nitrogens is 1. The van der Waals surface area contributed by atoms with Crippen molar-refractivity contribution in [3.8, 4) is 11.5 Å². The third-order valence-corrected chi connectivity index (χ3v) is 5.29.